The zero-order valence-electron chi connectivity index (χ0n) is 16.4. The lowest BCUT2D eigenvalue weighted by Crippen LogP contribution is -2.11. The minimum atomic E-state index is -1.25. The number of aromatic amines is 2. The number of fused-ring (bicyclic) bond motifs is 2. The second-order valence-corrected chi connectivity index (χ2v) is 7.14. The van der Waals surface area contributed by atoms with Crippen LogP contribution in [0.3, 0.4) is 0 Å². The third-order valence-corrected chi connectivity index (χ3v) is 5.05. The normalized spacial score (nSPS) is 11.2. The maximum Gasteiger partial charge on any atom is 0.411 e. The molecule has 0 saturated carbocycles. The third kappa shape index (κ3) is 3.54. The molecule has 9 nitrogen and oxygen atoms in total. The lowest BCUT2D eigenvalue weighted by molar-refractivity contribution is 0.209. The Kier molecular flexibility index (Phi) is 4.59. The van der Waals surface area contributed by atoms with Crippen molar-refractivity contribution in [2.24, 2.45) is 0 Å². The van der Waals surface area contributed by atoms with Gasteiger partial charge in [0.1, 0.15) is 5.82 Å². The molecule has 0 spiro atoms. The van der Waals surface area contributed by atoms with E-state index in [1.54, 1.807) is 30.3 Å². The first-order valence-electron chi connectivity index (χ1n) is 9.59. The number of nitrogens with zero attached hydrogens (tertiary/aromatic N) is 3. The Morgan fingerprint density at radius 3 is 2.75 bits per heavy atom. The van der Waals surface area contributed by atoms with Crippen molar-refractivity contribution in [1.29, 1.82) is 0 Å². The molecule has 0 unspecified atom stereocenters. The molecule has 0 aliphatic heterocycles. The van der Waals surface area contributed by atoms with Gasteiger partial charge in [0.25, 0.3) is 5.56 Å². The fraction of sp³-hybridized carbons (Fsp3) is 0.0455. The van der Waals surface area contributed by atoms with E-state index in [4.69, 9.17) is 5.11 Å². The molecule has 0 atom stereocenters. The van der Waals surface area contributed by atoms with E-state index in [9.17, 15) is 14.0 Å². The molecular weight excluding hydrogens is 415 g/mol. The maximum atomic E-state index is 14.7. The Hall–Kier alpha value is -4.60. The fourth-order valence-electron chi connectivity index (χ4n) is 3.60. The average Bonchev–Trinajstić information content (AvgIpc) is 3.18. The highest BCUT2D eigenvalue weighted by atomic mass is 19.1. The topological polar surface area (TPSA) is 137 Å². The van der Waals surface area contributed by atoms with E-state index in [1.807, 2.05) is 12.1 Å². The largest absolute Gasteiger partial charge is 0.465 e. The summed E-state index contributed by atoms with van der Waals surface area (Å²) in [4.78, 5) is 34.0. The zero-order valence-corrected chi connectivity index (χ0v) is 16.4. The van der Waals surface area contributed by atoms with E-state index in [-0.39, 0.29) is 17.1 Å². The van der Waals surface area contributed by atoms with E-state index >= 15 is 0 Å². The van der Waals surface area contributed by atoms with Gasteiger partial charge in [-0.25, -0.2) is 19.3 Å². The molecule has 0 saturated heterocycles. The van der Waals surface area contributed by atoms with Crippen molar-refractivity contribution in [1.82, 2.24) is 25.1 Å². The number of hydrogen-bond acceptors (Lipinski definition) is 5. The van der Waals surface area contributed by atoms with Crippen LogP contribution in [0.25, 0.3) is 33.1 Å². The van der Waals surface area contributed by atoms with Gasteiger partial charge < -0.3 is 10.1 Å². The summed E-state index contributed by atoms with van der Waals surface area (Å²) < 4.78 is 14.7. The summed E-state index contributed by atoms with van der Waals surface area (Å²) in [6.45, 7) is 0. The molecule has 0 bridgehead atoms. The lowest BCUT2D eigenvalue weighted by Gasteiger charge is -2.08. The van der Waals surface area contributed by atoms with Crippen molar-refractivity contribution in [3.63, 3.8) is 0 Å². The molecule has 1 amide bonds. The number of aromatic nitrogens is 5. The molecule has 158 valence electrons. The average molecular weight is 430 g/mol. The Balaban J connectivity index is 1.53. The number of carbonyl (C=O) groups is 1. The van der Waals surface area contributed by atoms with Gasteiger partial charge in [-0.05, 0) is 29.8 Å². The van der Waals surface area contributed by atoms with Gasteiger partial charge in [-0.3, -0.25) is 15.1 Å². The Morgan fingerprint density at radius 1 is 1.12 bits per heavy atom. The lowest BCUT2D eigenvalue weighted by atomic mass is 10.0. The van der Waals surface area contributed by atoms with E-state index < -0.39 is 11.9 Å². The molecule has 0 aliphatic rings. The quantitative estimate of drug-likeness (QED) is 0.343. The van der Waals surface area contributed by atoms with Crippen LogP contribution in [0.2, 0.25) is 0 Å². The number of anilines is 1. The summed E-state index contributed by atoms with van der Waals surface area (Å²) in [7, 11) is 0. The van der Waals surface area contributed by atoms with Crippen LogP contribution in [-0.2, 0) is 6.42 Å². The zero-order chi connectivity index (χ0) is 22.2. The molecule has 32 heavy (non-hydrogen) atoms. The van der Waals surface area contributed by atoms with Crippen molar-refractivity contribution in [2.75, 3.05) is 5.32 Å². The van der Waals surface area contributed by atoms with Crippen LogP contribution in [0.15, 0.2) is 59.5 Å². The first kappa shape index (κ1) is 19.4. The van der Waals surface area contributed by atoms with Crippen molar-refractivity contribution in [3.05, 3.63) is 82.2 Å². The number of imidazole rings is 1. The minimum absolute atomic E-state index is 0.0525. The number of halogens is 1. The highest BCUT2D eigenvalue weighted by Crippen LogP contribution is 2.27. The predicted molar refractivity (Wildman–Crippen MR) is 116 cm³/mol. The molecular formula is C22H15FN6O3. The molecule has 4 N–H and O–H groups in total. The second-order valence-electron chi connectivity index (χ2n) is 7.14. The summed E-state index contributed by atoms with van der Waals surface area (Å²) in [5.74, 6) is -0.406. The van der Waals surface area contributed by atoms with Gasteiger partial charge in [-0.1, -0.05) is 24.3 Å². The van der Waals surface area contributed by atoms with E-state index in [2.05, 4.69) is 30.5 Å². The standard InChI is InChI=1S/C22H15FN6O3/c23-15-6-5-11(8-17-12-3-1-2-4-13(12)20(30)29-28-17)7-14(15)16-9-18-19(10-24-16)26-21(25-18)27-22(31)32/h1-7,9-10H,8H2,(H,29,30)(H,31,32)(H2,25,26,27). The molecule has 10 heteroatoms. The number of H-pyrrole nitrogens is 2. The van der Waals surface area contributed by atoms with Gasteiger partial charge in [-0.2, -0.15) is 5.10 Å². The van der Waals surface area contributed by atoms with Crippen molar-refractivity contribution in [2.45, 2.75) is 6.42 Å². The first-order valence-corrected chi connectivity index (χ1v) is 9.59. The number of nitrogens with one attached hydrogen (secondary N) is 3. The monoisotopic (exact) mass is 430 g/mol. The summed E-state index contributed by atoms with van der Waals surface area (Å²) in [5, 5.41) is 18.9. The Bertz CT molecular complexity index is 1560. The number of hydrogen-bond donors (Lipinski definition) is 4. The molecule has 5 rings (SSSR count). The van der Waals surface area contributed by atoms with Gasteiger partial charge >= 0.3 is 6.09 Å². The molecule has 0 fully saturated rings. The molecule has 0 radical (unpaired) electrons. The van der Waals surface area contributed by atoms with Gasteiger partial charge in [0.2, 0.25) is 5.95 Å². The molecule has 3 aromatic heterocycles. The van der Waals surface area contributed by atoms with Crippen molar-refractivity contribution >= 4 is 33.8 Å². The smallest absolute Gasteiger partial charge is 0.411 e. The van der Waals surface area contributed by atoms with Crippen LogP contribution in [0, 0.1) is 5.82 Å². The number of carboxylic acid groups (broad SMARTS) is 1. The molecule has 3 heterocycles. The van der Waals surface area contributed by atoms with Crippen LogP contribution in [0.4, 0.5) is 15.1 Å². The number of benzene rings is 2. The molecule has 2 aromatic carbocycles. The SMILES string of the molecule is O=C(O)Nc1nc2cc(-c3cc(Cc4n[nH]c(=O)c5ccccc45)ccc3F)ncc2[nH]1. The third-order valence-electron chi connectivity index (χ3n) is 5.05. The van der Waals surface area contributed by atoms with Gasteiger partial charge in [0, 0.05) is 17.4 Å². The van der Waals surface area contributed by atoms with E-state index in [0.29, 0.717) is 34.2 Å². The van der Waals surface area contributed by atoms with E-state index in [0.717, 1.165) is 10.9 Å². The number of amides is 1. The van der Waals surface area contributed by atoms with Crippen molar-refractivity contribution < 1.29 is 14.3 Å². The van der Waals surface area contributed by atoms with E-state index in [1.165, 1.54) is 12.3 Å². The molecule has 5 aromatic rings. The van der Waals surface area contributed by atoms with Gasteiger partial charge in [0.15, 0.2) is 0 Å². The second kappa shape index (κ2) is 7.58. The van der Waals surface area contributed by atoms with Gasteiger partial charge in [0.05, 0.1) is 34.0 Å². The minimum Gasteiger partial charge on any atom is -0.465 e. The Morgan fingerprint density at radius 2 is 1.94 bits per heavy atom. The predicted octanol–water partition coefficient (Wildman–Crippen LogP) is 3.68. The maximum absolute atomic E-state index is 14.7. The van der Waals surface area contributed by atoms with Crippen LogP contribution in [-0.4, -0.2) is 36.3 Å². The fourth-order valence-corrected chi connectivity index (χ4v) is 3.60. The highest BCUT2D eigenvalue weighted by Gasteiger charge is 2.13. The van der Waals surface area contributed by atoms with Crippen LogP contribution < -0.4 is 10.9 Å². The first-order chi connectivity index (χ1) is 15.5. The van der Waals surface area contributed by atoms with Crippen molar-refractivity contribution in [3.8, 4) is 11.3 Å². The van der Waals surface area contributed by atoms with Crippen LogP contribution >= 0.6 is 0 Å². The number of rotatable bonds is 4. The van der Waals surface area contributed by atoms with Crippen LogP contribution in [0.1, 0.15) is 11.3 Å². The summed E-state index contributed by atoms with van der Waals surface area (Å²) in [5.41, 5.74) is 2.76. The summed E-state index contributed by atoms with van der Waals surface area (Å²) in [6, 6.07) is 13.4. The molecule has 0 aliphatic carbocycles. The van der Waals surface area contributed by atoms with Gasteiger partial charge in [-0.15, -0.1) is 0 Å². The van der Waals surface area contributed by atoms with Crippen LogP contribution in [0.5, 0.6) is 0 Å². The summed E-state index contributed by atoms with van der Waals surface area (Å²) >= 11 is 0. The highest BCUT2D eigenvalue weighted by molar-refractivity contribution is 5.86. The Labute approximate surface area is 179 Å². The summed E-state index contributed by atoms with van der Waals surface area (Å²) in [6.07, 6.45) is 0.592. The number of pyridine rings is 1.